The number of halogens is 1. The first kappa shape index (κ1) is 25.5. The third-order valence-electron chi connectivity index (χ3n) is 7.13. The Labute approximate surface area is 220 Å². The lowest BCUT2D eigenvalue weighted by molar-refractivity contribution is 0.0968. The van der Waals surface area contributed by atoms with Gasteiger partial charge in [-0.25, -0.2) is 13.2 Å². The average molecular weight is 542 g/mol. The number of anilines is 1. The summed E-state index contributed by atoms with van der Waals surface area (Å²) >= 11 is 6.20. The number of hydrogen-bond acceptors (Lipinski definition) is 6. The molecule has 2 aliphatic carbocycles. The fourth-order valence-corrected chi connectivity index (χ4v) is 7.14. The van der Waals surface area contributed by atoms with E-state index in [1.165, 1.54) is 6.07 Å². The van der Waals surface area contributed by atoms with Crippen molar-refractivity contribution in [2.75, 3.05) is 4.72 Å². The minimum atomic E-state index is -3.99. The largest absolute Gasteiger partial charge is 0.506 e. The zero-order valence-electron chi connectivity index (χ0n) is 20.4. The van der Waals surface area contributed by atoms with Gasteiger partial charge in [-0.3, -0.25) is 9.52 Å². The topological polar surface area (TPSA) is 114 Å². The van der Waals surface area contributed by atoms with E-state index in [0.29, 0.717) is 29.7 Å². The summed E-state index contributed by atoms with van der Waals surface area (Å²) in [5, 5.41) is 11.4. The number of rotatable bonds is 6. The lowest BCUT2D eigenvalue weighted by Crippen LogP contribution is -2.21. The van der Waals surface area contributed by atoms with Gasteiger partial charge in [-0.15, -0.1) is 0 Å². The van der Waals surface area contributed by atoms with Gasteiger partial charge in [0, 0.05) is 24.4 Å². The average Bonchev–Trinajstić information content (AvgIpc) is 3.64. The maximum atomic E-state index is 13.2. The fourth-order valence-electron chi connectivity index (χ4n) is 5.25. The normalized spacial score (nSPS) is 17.0. The summed E-state index contributed by atoms with van der Waals surface area (Å²) in [5.41, 5.74) is 0.996. The second-order valence-electron chi connectivity index (χ2n) is 9.87. The molecule has 2 N–H and O–H groups in total. The highest BCUT2D eigenvalue weighted by molar-refractivity contribution is 7.92. The minimum Gasteiger partial charge on any atom is -0.506 e. The molecule has 7 nitrogen and oxygen atoms in total. The number of aromatic hydroxyl groups is 1. The van der Waals surface area contributed by atoms with Crippen LogP contribution < -0.4 is 10.3 Å². The third kappa shape index (κ3) is 5.05. The number of ketones is 1. The highest BCUT2D eigenvalue weighted by Crippen LogP contribution is 2.49. The Morgan fingerprint density at radius 3 is 2.51 bits per heavy atom. The lowest BCUT2D eigenvalue weighted by atomic mass is 9.85. The monoisotopic (exact) mass is 541 g/mol. The molecule has 0 bridgehead atoms. The number of carbonyl (C=O) groups is 1. The van der Waals surface area contributed by atoms with E-state index < -0.39 is 21.6 Å². The van der Waals surface area contributed by atoms with Gasteiger partial charge in [0.2, 0.25) is 0 Å². The molecular formula is C28H28ClNO6S. The fraction of sp³-hybridized carbons (Fsp3) is 0.357. The molecule has 37 heavy (non-hydrogen) atoms. The smallest absolute Gasteiger partial charge is 0.343 e. The van der Waals surface area contributed by atoms with Crippen molar-refractivity contribution in [2.24, 2.45) is 5.92 Å². The van der Waals surface area contributed by atoms with Crippen molar-refractivity contribution in [1.29, 1.82) is 0 Å². The number of aryl methyl sites for hydroxylation is 2. The highest BCUT2D eigenvalue weighted by Gasteiger charge is 2.39. The molecule has 1 unspecified atom stereocenters. The highest BCUT2D eigenvalue weighted by atomic mass is 35.5. The summed E-state index contributed by atoms with van der Waals surface area (Å²) in [6, 6.07) is 11.6. The van der Waals surface area contributed by atoms with Crippen LogP contribution in [-0.4, -0.2) is 19.3 Å². The van der Waals surface area contributed by atoms with E-state index in [1.54, 1.807) is 43.3 Å². The number of sulfonamides is 1. The molecule has 1 aromatic heterocycles. The van der Waals surface area contributed by atoms with E-state index in [-0.39, 0.29) is 44.3 Å². The van der Waals surface area contributed by atoms with Crippen molar-refractivity contribution >= 4 is 33.1 Å². The molecule has 2 aromatic carbocycles. The van der Waals surface area contributed by atoms with E-state index in [2.05, 4.69) is 4.72 Å². The summed E-state index contributed by atoms with van der Waals surface area (Å²) in [6.45, 7) is 1.67. The third-order valence-corrected chi connectivity index (χ3v) is 9.14. The summed E-state index contributed by atoms with van der Waals surface area (Å²) in [4.78, 5) is 26.1. The Kier molecular flexibility index (Phi) is 6.89. The standard InChI is InChI=1S/C28H28ClNO6S/c1-16-7-5-10-20(29)27(16)37(34,35)30-19-9-6-8-18(15-19)23(17-13-14-17)25-26(32)24-21(31)11-3-2-4-12-22(24)36-28(25)33/h5-10,15,17,23,30,32H,2-4,11-14H2,1H3. The maximum Gasteiger partial charge on any atom is 0.343 e. The Morgan fingerprint density at radius 2 is 1.78 bits per heavy atom. The van der Waals surface area contributed by atoms with Gasteiger partial charge < -0.3 is 9.52 Å². The SMILES string of the molecule is Cc1cccc(Cl)c1S(=O)(=O)Nc1cccc(C(c2c(O)c3c(oc2=O)CCCCCC3=O)C2CC2)c1. The molecule has 0 amide bonds. The van der Waals surface area contributed by atoms with Crippen molar-refractivity contribution in [3.63, 3.8) is 0 Å². The molecule has 5 rings (SSSR count). The lowest BCUT2D eigenvalue weighted by Gasteiger charge is -2.21. The number of fused-ring (bicyclic) bond motifs is 1. The summed E-state index contributed by atoms with van der Waals surface area (Å²) in [5.74, 6) is -0.738. The molecular weight excluding hydrogens is 514 g/mol. The quantitative estimate of drug-likeness (QED) is 0.398. The van der Waals surface area contributed by atoms with Gasteiger partial charge in [0.15, 0.2) is 5.78 Å². The number of nitrogens with one attached hydrogen (secondary N) is 1. The molecule has 0 aliphatic heterocycles. The number of Topliss-reactive ketones (excluding diaryl/α,β-unsaturated/α-hetero) is 1. The second kappa shape index (κ2) is 9.99. The van der Waals surface area contributed by atoms with Crippen molar-refractivity contribution in [1.82, 2.24) is 0 Å². The summed E-state index contributed by atoms with van der Waals surface area (Å²) in [7, 11) is -3.99. The Balaban J connectivity index is 1.56. The predicted molar refractivity (Wildman–Crippen MR) is 141 cm³/mol. The van der Waals surface area contributed by atoms with Crippen LogP contribution in [-0.2, 0) is 16.4 Å². The van der Waals surface area contributed by atoms with Crippen LogP contribution in [0.3, 0.4) is 0 Å². The van der Waals surface area contributed by atoms with E-state index in [9.17, 15) is 23.1 Å². The van der Waals surface area contributed by atoms with E-state index in [0.717, 1.165) is 32.1 Å². The van der Waals surface area contributed by atoms with Crippen LogP contribution >= 0.6 is 11.6 Å². The number of hydrogen-bond donors (Lipinski definition) is 2. The van der Waals surface area contributed by atoms with Gasteiger partial charge in [-0.05, 0) is 67.9 Å². The molecule has 0 radical (unpaired) electrons. The van der Waals surface area contributed by atoms with Crippen molar-refractivity contribution in [2.45, 2.75) is 62.7 Å². The number of carbonyl (C=O) groups excluding carboxylic acids is 1. The molecule has 1 atom stereocenters. The zero-order chi connectivity index (χ0) is 26.3. The van der Waals surface area contributed by atoms with Crippen LogP contribution in [0.2, 0.25) is 5.02 Å². The van der Waals surface area contributed by atoms with Gasteiger partial charge in [0.1, 0.15) is 16.4 Å². The van der Waals surface area contributed by atoms with Gasteiger partial charge >= 0.3 is 5.63 Å². The minimum absolute atomic E-state index is 0.000662. The van der Waals surface area contributed by atoms with Gasteiger partial charge in [0.05, 0.1) is 16.1 Å². The Hall–Kier alpha value is -3.10. The van der Waals surface area contributed by atoms with E-state index in [4.69, 9.17) is 16.0 Å². The molecule has 0 saturated heterocycles. The molecule has 2 aliphatic rings. The molecule has 1 heterocycles. The molecule has 1 fully saturated rings. The van der Waals surface area contributed by atoms with Crippen LogP contribution in [0.15, 0.2) is 56.6 Å². The molecule has 1 saturated carbocycles. The number of benzene rings is 2. The first-order chi connectivity index (χ1) is 17.7. The molecule has 194 valence electrons. The van der Waals surface area contributed by atoms with Gasteiger partial charge in [-0.2, -0.15) is 0 Å². The summed E-state index contributed by atoms with van der Waals surface area (Å²) in [6.07, 6.45) is 4.76. The Bertz CT molecular complexity index is 1520. The summed E-state index contributed by atoms with van der Waals surface area (Å²) < 4.78 is 34.6. The maximum absolute atomic E-state index is 13.2. The van der Waals surface area contributed by atoms with E-state index >= 15 is 0 Å². The van der Waals surface area contributed by atoms with E-state index in [1.807, 2.05) is 0 Å². The van der Waals surface area contributed by atoms with Gasteiger partial charge in [0.25, 0.3) is 10.0 Å². The van der Waals surface area contributed by atoms with Crippen LogP contribution in [0.5, 0.6) is 5.75 Å². The van der Waals surface area contributed by atoms with Crippen LogP contribution in [0.1, 0.15) is 77.3 Å². The van der Waals surface area contributed by atoms with Crippen molar-refractivity contribution in [3.05, 3.63) is 85.9 Å². The first-order valence-electron chi connectivity index (χ1n) is 12.5. The molecule has 3 aromatic rings. The second-order valence-corrected chi connectivity index (χ2v) is 11.9. The van der Waals surface area contributed by atoms with Crippen molar-refractivity contribution in [3.8, 4) is 5.75 Å². The zero-order valence-corrected chi connectivity index (χ0v) is 22.0. The van der Waals surface area contributed by atoms with Crippen LogP contribution in [0.4, 0.5) is 5.69 Å². The van der Waals surface area contributed by atoms with Crippen molar-refractivity contribution < 1.29 is 22.7 Å². The molecule has 9 heteroatoms. The molecule has 0 spiro atoms. The Morgan fingerprint density at radius 1 is 1.05 bits per heavy atom. The first-order valence-corrected chi connectivity index (χ1v) is 14.3. The van der Waals surface area contributed by atoms with Gasteiger partial charge in [-0.1, -0.05) is 42.3 Å². The predicted octanol–water partition coefficient (Wildman–Crippen LogP) is 5.95. The van der Waals surface area contributed by atoms with Crippen LogP contribution in [0.25, 0.3) is 0 Å². The van der Waals surface area contributed by atoms with Crippen LogP contribution in [0, 0.1) is 12.8 Å².